The number of hydrogen-bond acceptors (Lipinski definition) is 0. The van der Waals surface area contributed by atoms with Gasteiger partial charge in [0, 0.05) is 0 Å². The summed E-state index contributed by atoms with van der Waals surface area (Å²) >= 11 is 1.74. The van der Waals surface area contributed by atoms with Crippen molar-refractivity contribution in [3.05, 3.63) is 157 Å². The number of fused-ring (bicyclic) bond motifs is 4. The summed E-state index contributed by atoms with van der Waals surface area (Å²) in [7, 11) is 0. The van der Waals surface area contributed by atoms with Crippen molar-refractivity contribution in [2.24, 2.45) is 0 Å². The van der Waals surface area contributed by atoms with Gasteiger partial charge in [-0.3, -0.25) is 0 Å². The number of rotatable bonds is 2. The van der Waals surface area contributed by atoms with Gasteiger partial charge in [0.1, 0.15) is 0 Å². The number of benzene rings is 6. The molecule has 228 valence electrons. The molecular weight excluding hydrogens is 695 g/mol. The summed E-state index contributed by atoms with van der Waals surface area (Å²) in [5, 5.41) is 10.5. The van der Waals surface area contributed by atoms with Crippen molar-refractivity contribution in [1.82, 2.24) is 0 Å². The standard InChI is InChI=1S/2C20H15.C2H6Si.2ClH.Zr/c2*1-14-10-11-15-6-4-5-9-19(15)20(14)18-12-16-7-2-3-8-17(16)13-18;1-3-2;;;/h2*2-13H,1H3;1-2H3;2*1H;/q2*-1;;;;+2/p-2. The van der Waals surface area contributed by atoms with E-state index in [-0.39, 0.29) is 30.2 Å². The third-order valence-electron chi connectivity index (χ3n) is 8.09. The van der Waals surface area contributed by atoms with Crippen molar-refractivity contribution in [3.8, 4) is 22.3 Å². The van der Waals surface area contributed by atoms with Gasteiger partial charge in [-0.2, -0.15) is 0 Å². The molecule has 0 aliphatic rings. The normalized spacial score (nSPS) is 10.4. The van der Waals surface area contributed by atoms with Crippen LogP contribution in [0.4, 0.5) is 0 Å². The second-order valence-corrected chi connectivity index (χ2v) is 21.1. The average molecular weight is 731 g/mol. The molecule has 8 aromatic rings. The molecule has 0 fully saturated rings. The Kier molecular flexibility index (Phi) is 12.4. The maximum Gasteiger partial charge on any atom is -0.0253 e. The molecule has 46 heavy (non-hydrogen) atoms. The van der Waals surface area contributed by atoms with Gasteiger partial charge in [0.25, 0.3) is 0 Å². The van der Waals surface area contributed by atoms with Gasteiger partial charge >= 0.3 is 41.9 Å². The SMILES string of the molecule is C[Si](C)=[Zr+2].Cc1ccc2ccccc2c1-c1cc2ccccc2[cH-]1.Cc1ccc2ccccc2c1-c1cc2ccccc2[cH-]1.[Cl-].[Cl-]. The van der Waals surface area contributed by atoms with E-state index in [0.717, 1.165) is 0 Å². The maximum absolute atomic E-state index is 2.31. The van der Waals surface area contributed by atoms with Crippen LogP contribution in [0.1, 0.15) is 11.1 Å². The van der Waals surface area contributed by atoms with E-state index in [2.05, 4.69) is 173 Å². The Bertz CT molecular complexity index is 2030. The van der Waals surface area contributed by atoms with Gasteiger partial charge in [0.15, 0.2) is 0 Å². The van der Waals surface area contributed by atoms with Crippen LogP contribution in [0.5, 0.6) is 0 Å². The molecule has 0 amide bonds. The van der Waals surface area contributed by atoms with E-state index in [1.807, 2.05) is 0 Å². The van der Waals surface area contributed by atoms with Crippen LogP contribution in [0.25, 0.3) is 65.3 Å². The Morgan fingerprint density at radius 1 is 0.457 bits per heavy atom. The van der Waals surface area contributed by atoms with Gasteiger partial charge < -0.3 is 24.8 Å². The minimum atomic E-state index is 0. The number of halogens is 2. The van der Waals surface area contributed by atoms with E-state index in [4.69, 9.17) is 0 Å². The van der Waals surface area contributed by atoms with Crippen LogP contribution >= 0.6 is 0 Å². The Hall–Kier alpha value is -3.26. The fourth-order valence-electron chi connectivity index (χ4n) is 6.12. The van der Waals surface area contributed by atoms with E-state index in [9.17, 15) is 0 Å². The Labute approximate surface area is 300 Å². The molecular formula is C42H36Cl2SiZr-2. The molecule has 0 atom stereocenters. The Balaban J connectivity index is 0.000000180. The quantitative estimate of drug-likeness (QED) is 0.148. The van der Waals surface area contributed by atoms with Crippen LogP contribution < -0.4 is 24.8 Å². The molecule has 0 spiro atoms. The molecule has 8 aromatic carbocycles. The van der Waals surface area contributed by atoms with E-state index < -0.39 is 0 Å². The second-order valence-electron chi connectivity index (χ2n) is 11.7. The predicted octanol–water partition coefficient (Wildman–Crippen LogP) is 6.17. The van der Waals surface area contributed by atoms with E-state index in [0.29, 0.717) is 0 Å². The van der Waals surface area contributed by atoms with Crippen molar-refractivity contribution >= 4 is 48.5 Å². The van der Waals surface area contributed by atoms with Crippen LogP contribution in [-0.4, -0.2) is 5.43 Å². The first-order valence-electron chi connectivity index (χ1n) is 15.2. The summed E-state index contributed by atoms with van der Waals surface area (Å²) in [5.41, 5.74) is 8.24. The van der Waals surface area contributed by atoms with Gasteiger partial charge in [-0.25, -0.2) is 0 Å². The Morgan fingerprint density at radius 3 is 1.15 bits per heavy atom. The minimum absolute atomic E-state index is 0. The zero-order chi connectivity index (χ0) is 30.6. The summed E-state index contributed by atoms with van der Waals surface area (Å²) in [6.07, 6.45) is 0. The molecule has 0 heterocycles. The van der Waals surface area contributed by atoms with Crippen molar-refractivity contribution in [3.63, 3.8) is 0 Å². The Morgan fingerprint density at radius 2 is 0.783 bits per heavy atom. The summed E-state index contributed by atoms with van der Waals surface area (Å²) < 4.78 is 0. The van der Waals surface area contributed by atoms with Crippen molar-refractivity contribution in [2.75, 3.05) is 0 Å². The molecule has 8 rings (SSSR count). The molecule has 0 bridgehead atoms. The summed E-state index contributed by atoms with van der Waals surface area (Å²) in [6.45, 7) is 9.00. The van der Waals surface area contributed by atoms with E-state index in [1.54, 1.807) is 23.3 Å². The third-order valence-corrected chi connectivity index (χ3v) is 8.09. The van der Waals surface area contributed by atoms with E-state index in [1.165, 1.54) is 76.5 Å². The monoisotopic (exact) mass is 728 g/mol. The van der Waals surface area contributed by atoms with Crippen LogP contribution in [0, 0.1) is 13.8 Å². The molecule has 0 aromatic heterocycles. The molecule has 0 saturated carbocycles. The van der Waals surface area contributed by atoms with Crippen molar-refractivity contribution in [2.45, 2.75) is 26.9 Å². The van der Waals surface area contributed by atoms with Gasteiger partial charge in [-0.15, -0.1) is 69.1 Å². The first-order chi connectivity index (χ1) is 21.4. The predicted molar refractivity (Wildman–Crippen MR) is 192 cm³/mol. The van der Waals surface area contributed by atoms with Crippen LogP contribution in [-0.2, 0) is 23.3 Å². The molecule has 0 N–H and O–H groups in total. The first-order valence-corrected chi connectivity index (χ1v) is 21.4. The third kappa shape index (κ3) is 7.81. The van der Waals surface area contributed by atoms with Crippen molar-refractivity contribution in [1.29, 1.82) is 0 Å². The molecule has 0 nitrogen and oxygen atoms in total. The smallest absolute Gasteiger partial charge is 0.0253 e. The minimum Gasteiger partial charge on any atom is -1.00 e. The summed E-state index contributed by atoms with van der Waals surface area (Å²) in [6, 6.07) is 52.4. The largest absolute Gasteiger partial charge is 1.00 e. The van der Waals surface area contributed by atoms with Gasteiger partial charge in [-0.05, 0) is 35.4 Å². The molecule has 4 heteroatoms. The zero-order valence-corrected chi connectivity index (χ0v) is 31.6. The van der Waals surface area contributed by atoms with Crippen molar-refractivity contribution < 1.29 is 48.1 Å². The van der Waals surface area contributed by atoms with Gasteiger partial charge in [0.05, 0.1) is 0 Å². The van der Waals surface area contributed by atoms with Crippen LogP contribution in [0.2, 0.25) is 13.1 Å². The molecule has 0 aliphatic heterocycles. The number of hydrogen-bond donors (Lipinski definition) is 0. The van der Waals surface area contributed by atoms with Crippen LogP contribution in [0.15, 0.2) is 146 Å². The topological polar surface area (TPSA) is 0 Å². The fraction of sp³-hybridized carbons (Fsp3) is 0.0952. The summed E-state index contributed by atoms with van der Waals surface area (Å²) in [5.74, 6) is 0. The van der Waals surface area contributed by atoms with Gasteiger partial charge in [-0.1, -0.05) is 131 Å². The number of aryl methyl sites for hydroxylation is 2. The van der Waals surface area contributed by atoms with Gasteiger partial charge in [0.2, 0.25) is 0 Å². The molecule has 0 aliphatic carbocycles. The first kappa shape index (κ1) is 35.6. The van der Waals surface area contributed by atoms with Crippen LogP contribution in [0.3, 0.4) is 0 Å². The summed E-state index contributed by atoms with van der Waals surface area (Å²) in [4.78, 5) is 0. The molecule has 0 radical (unpaired) electrons. The second kappa shape index (κ2) is 16.0. The fourth-order valence-corrected chi connectivity index (χ4v) is 6.12. The van der Waals surface area contributed by atoms with E-state index >= 15 is 0 Å². The maximum atomic E-state index is 2.31. The molecule has 0 saturated heterocycles. The average Bonchev–Trinajstić information content (AvgIpc) is 3.65. The molecule has 0 unspecified atom stereocenters. The zero-order valence-electron chi connectivity index (χ0n) is 26.6.